The van der Waals surface area contributed by atoms with E-state index in [1.54, 1.807) is 7.11 Å². The van der Waals surface area contributed by atoms with Gasteiger partial charge < -0.3 is 24.6 Å². The number of methoxy groups -OCH3 is 2. The number of carbonyl (C=O) groups excluding carboxylic acids is 2. The second-order valence-corrected chi connectivity index (χ2v) is 9.39. The molecular weight excluding hydrogens is 452 g/mol. The van der Waals surface area contributed by atoms with Crippen molar-refractivity contribution < 1.29 is 19.1 Å². The van der Waals surface area contributed by atoms with E-state index in [-0.39, 0.29) is 12.3 Å². The van der Waals surface area contributed by atoms with Gasteiger partial charge in [0.25, 0.3) is 0 Å². The summed E-state index contributed by atoms with van der Waals surface area (Å²) in [5.41, 5.74) is 2.65. The first kappa shape index (κ1) is 24.3. The summed E-state index contributed by atoms with van der Waals surface area (Å²) in [6.07, 6.45) is 3.96. The number of thioether (sulfide) groups is 1. The molecule has 0 aliphatic carbocycles. The molecule has 1 amide bonds. The highest BCUT2D eigenvalue weighted by Gasteiger charge is 2.42. The third kappa shape index (κ3) is 5.15. The maximum absolute atomic E-state index is 12.8. The van der Waals surface area contributed by atoms with Crippen molar-refractivity contribution in [3.05, 3.63) is 52.2 Å². The Morgan fingerprint density at radius 2 is 1.94 bits per heavy atom. The number of ether oxygens (including phenoxy) is 2. The molecule has 3 heterocycles. The summed E-state index contributed by atoms with van der Waals surface area (Å²) in [4.78, 5) is 34.7. The average molecular weight is 485 g/mol. The van der Waals surface area contributed by atoms with Crippen molar-refractivity contribution in [1.29, 1.82) is 0 Å². The zero-order valence-corrected chi connectivity index (χ0v) is 20.8. The number of para-hydroxylation sites is 1. The molecule has 1 fully saturated rings. The summed E-state index contributed by atoms with van der Waals surface area (Å²) in [6, 6.07) is 7.10. The maximum atomic E-state index is 12.8. The van der Waals surface area contributed by atoms with E-state index in [1.165, 1.54) is 38.1 Å². The summed E-state index contributed by atoms with van der Waals surface area (Å²) in [6.45, 7) is 5.52. The SMILES string of the molecule is COC(=O)C1=C(C)N=C2SC=C(CC(=O)NCCN3CCCCC3)N2[C@H]1c1ccccc1OC. The van der Waals surface area contributed by atoms with E-state index in [1.807, 2.05) is 41.5 Å². The number of esters is 1. The lowest BCUT2D eigenvalue weighted by atomic mass is 9.93. The molecule has 1 atom stereocenters. The van der Waals surface area contributed by atoms with Crippen molar-refractivity contribution in [2.75, 3.05) is 40.4 Å². The molecule has 1 N–H and O–H groups in total. The van der Waals surface area contributed by atoms with Gasteiger partial charge in [0, 0.05) is 24.4 Å². The van der Waals surface area contributed by atoms with Crippen LogP contribution in [0.1, 0.15) is 44.2 Å². The van der Waals surface area contributed by atoms with Gasteiger partial charge in [-0.3, -0.25) is 4.79 Å². The number of hydrogen-bond donors (Lipinski definition) is 1. The van der Waals surface area contributed by atoms with Crippen molar-refractivity contribution in [2.24, 2.45) is 4.99 Å². The molecule has 1 saturated heterocycles. The number of rotatable bonds is 8. The molecule has 4 rings (SSSR count). The summed E-state index contributed by atoms with van der Waals surface area (Å²) in [7, 11) is 2.97. The Balaban J connectivity index is 1.54. The Hall–Kier alpha value is -2.78. The summed E-state index contributed by atoms with van der Waals surface area (Å²) in [5, 5.41) is 5.73. The van der Waals surface area contributed by atoms with Crippen molar-refractivity contribution in [3.8, 4) is 5.75 Å². The number of aliphatic imine (C=N–C) groups is 1. The molecule has 0 spiro atoms. The smallest absolute Gasteiger partial charge is 0.338 e. The molecule has 0 unspecified atom stereocenters. The van der Waals surface area contributed by atoms with Gasteiger partial charge in [0.2, 0.25) is 5.91 Å². The van der Waals surface area contributed by atoms with Gasteiger partial charge in [-0.2, -0.15) is 0 Å². The van der Waals surface area contributed by atoms with Crippen LogP contribution in [0.3, 0.4) is 0 Å². The van der Waals surface area contributed by atoms with E-state index in [4.69, 9.17) is 9.47 Å². The minimum Gasteiger partial charge on any atom is -0.496 e. The van der Waals surface area contributed by atoms with Crippen LogP contribution in [0.15, 0.2) is 51.6 Å². The summed E-state index contributed by atoms with van der Waals surface area (Å²) >= 11 is 1.46. The van der Waals surface area contributed by atoms with Gasteiger partial charge in [-0.25, -0.2) is 9.79 Å². The fourth-order valence-corrected chi connectivity index (χ4v) is 5.65. The third-order valence-corrected chi connectivity index (χ3v) is 7.27. The molecular formula is C25H32N4O4S. The summed E-state index contributed by atoms with van der Waals surface area (Å²) in [5.74, 6) is 0.165. The minimum atomic E-state index is -0.501. The zero-order valence-electron chi connectivity index (χ0n) is 20.0. The Labute approximate surface area is 205 Å². The van der Waals surface area contributed by atoms with Gasteiger partial charge in [-0.05, 0) is 44.3 Å². The van der Waals surface area contributed by atoms with E-state index < -0.39 is 12.0 Å². The molecule has 0 aromatic heterocycles. The highest BCUT2D eigenvalue weighted by atomic mass is 32.2. The number of carbonyl (C=O) groups is 2. The number of likely N-dealkylation sites (tertiary alicyclic amines) is 1. The van der Waals surface area contributed by atoms with Crippen LogP contribution in [0.4, 0.5) is 0 Å². The van der Waals surface area contributed by atoms with Gasteiger partial charge in [0.1, 0.15) is 5.75 Å². The second kappa shape index (κ2) is 11.1. The lowest BCUT2D eigenvalue weighted by Gasteiger charge is -2.36. The number of benzene rings is 1. The lowest BCUT2D eigenvalue weighted by molar-refractivity contribution is -0.136. The molecule has 8 nitrogen and oxygen atoms in total. The van der Waals surface area contributed by atoms with Crippen molar-refractivity contribution >= 4 is 28.8 Å². The number of nitrogens with zero attached hydrogens (tertiary/aromatic N) is 3. The van der Waals surface area contributed by atoms with E-state index in [0.717, 1.165) is 36.1 Å². The quantitative estimate of drug-likeness (QED) is 0.566. The van der Waals surface area contributed by atoms with Crippen LogP contribution >= 0.6 is 11.8 Å². The van der Waals surface area contributed by atoms with Gasteiger partial charge >= 0.3 is 5.97 Å². The lowest BCUT2D eigenvalue weighted by Crippen LogP contribution is -2.40. The number of amidine groups is 1. The molecule has 9 heteroatoms. The van der Waals surface area contributed by atoms with Crippen LogP contribution < -0.4 is 10.1 Å². The first-order valence-corrected chi connectivity index (χ1v) is 12.6. The Bertz CT molecular complexity index is 1030. The van der Waals surface area contributed by atoms with Crippen LogP contribution in [-0.4, -0.2) is 67.2 Å². The number of fused-ring (bicyclic) bond motifs is 1. The van der Waals surface area contributed by atoms with Crippen molar-refractivity contribution in [1.82, 2.24) is 15.1 Å². The zero-order chi connectivity index (χ0) is 24.1. The van der Waals surface area contributed by atoms with Crippen LogP contribution in [-0.2, 0) is 14.3 Å². The van der Waals surface area contributed by atoms with Gasteiger partial charge in [0.15, 0.2) is 5.17 Å². The molecule has 3 aliphatic heterocycles. The van der Waals surface area contributed by atoms with Crippen LogP contribution in [0.25, 0.3) is 0 Å². The Morgan fingerprint density at radius 3 is 2.68 bits per heavy atom. The molecule has 0 radical (unpaired) electrons. The maximum Gasteiger partial charge on any atom is 0.338 e. The molecule has 182 valence electrons. The first-order chi connectivity index (χ1) is 16.5. The van der Waals surface area contributed by atoms with Gasteiger partial charge in [-0.15, -0.1) is 0 Å². The van der Waals surface area contributed by atoms with Crippen molar-refractivity contribution in [2.45, 2.75) is 38.6 Å². The van der Waals surface area contributed by atoms with Gasteiger partial charge in [-0.1, -0.05) is 36.4 Å². The number of hydrogen-bond acceptors (Lipinski definition) is 8. The van der Waals surface area contributed by atoms with E-state index in [0.29, 0.717) is 23.6 Å². The normalized spacial score (nSPS) is 20.4. The molecule has 34 heavy (non-hydrogen) atoms. The highest BCUT2D eigenvalue weighted by Crippen LogP contribution is 2.46. The second-order valence-electron chi connectivity index (χ2n) is 8.56. The predicted octanol–water partition coefficient (Wildman–Crippen LogP) is 3.44. The minimum absolute atomic E-state index is 0.0465. The fraction of sp³-hybridized carbons (Fsp3) is 0.480. The molecule has 1 aromatic rings. The molecule has 0 bridgehead atoms. The van der Waals surface area contributed by atoms with E-state index in [9.17, 15) is 9.59 Å². The number of amides is 1. The monoisotopic (exact) mass is 484 g/mol. The number of allylic oxidation sites excluding steroid dienone is 1. The predicted molar refractivity (Wildman–Crippen MR) is 133 cm³/mol. The molecule has 3 aliphatic rings. The highest BCUT2D eigenvalue weighted by molar-refractivity contribution is 8.16. The van der Waals surface area contributed by atoms with Gasteiger partial charge in [0.05, 0.1) is 38.0 Å². The largest absolute Gasteiger partial charge is 0.496 e. The summed E-state index contributed by atoms with van der Waals surface area (Å²) < 4.78 is 10.7. The van der Waals surface area contributed by atoms with Crippen LogP contribution in [0, 0.1) is 0 Å². The van der Waals surface area contributed by atoms with E-state index in [2.05, 4.69) is 15.2 Å². The van der Waals surface area contributed by atoms with Crippen molar-refractivity contribution in [3.63, 3.8) is 0 Å². The molecule has 0 saturated carbocycles. The Morgan fingerprint density at radius 1 is 1.18 bits per heavy atom. The average Bonchev–Trinajstić information content (AvgIpc) is 3.25. The first-order valence-electron chi connectivity index (χ1n) is 11.7. The molecule has 1 aromatic carbocycles. The standard InChI is InChI=1S/C25H32N4O4S/c1-17-22(24(31)33-3)23(19-9-5-6-10-20(19)32-2)29-18(16-34-25(29)27-17)15-21(30)26-11-14-28-12-7-4-8-13-28/h5-6,9-10,16,23H,4,7-8,11-15H2,1-3H3,(H,26,30)/t23-/m0/s1. The van der Waals surface area contributed by atoms with Crippen LogP contribution in [0.2, 0.25) is 0 Å². The number of piperidine rings is 1. The fourth-order valence-electron chi connectivity index (χ4n) is 4.69. The topological polar surface area (TPSA) is 83.5 Å². The van der Waals surface area contributed by atoms with Crippen LogP contribution in [0.5, 0.6) is 5.75 Å². The number of nitrogens with one attached hydrogen (secondary N) is 1. The van der Waals surface area contributed by atoms with E-state index >= 15 is 0 Å². The Kier molecular flexibility index (Phi) is 7.95. The third-order valence-electron chi connectivity index (χ3n) is 6.38.